The number of carbonyl (C=O) groups is 1. The van der Waals surface area contributed by atoms with Crippen LogP contribution in [-0.2, 0) is 0 Å². The fourth-order valence-electron chi connectivity index (χ4n) is 2.05. The van der Waals surface area contributed by atoms with Crippen molar-refractivity contribution in [3.63, 3.8) is 0 Å². The second-order valence-electron chi connectivity index (χ2n) is 5.34. The Morgan fingerprint density at radius 2 is 2.05 bits per heavy atom. The SMILES string of the molecule is CC(C)CNC(=O)c1ccc(-c2ccc3c(c2)OCO3)s1. The van der Waals surface area contributed by atoms with E-state index in [1.165, 1.54) is 11.3 Å². The molecule has 0 saturated carbocycles. The fourth-order valence-corrected chi connectivity index (χ4v) is 2.97. The summed E-state index contributed by atoms with van der Waals surface area (Å²) < 4.78 is 10.7. The van der Waals surface area contributed by atoms with Crippen molar-refractivity contribution in [2.75, 3.05) is 13.3 Å². The standard InChI is InChI=1S/C16H17NO3S/c1-10(2)8-17-16(18)15-6-5-14(21-15)11-3-4-12-13(7-11)20-9-19-12/h3-7,10H,8-9H2,1-2H3,(H,17,18). The summed E-state index contributed by atoms with van der Waals surface area (Å²) in [6, 6.07) is 9.65. The first-order chi connectivity index (χ1) is 10.1. The zero-order valence-electron chi connectivity index (χ0n) is 12.0. The van der Waals surface area contributed by atoms with Crippen molar-refractivity contribution in [2.24, 2.45) is 5.92 Å². The van der Waals surface area contributed by atoms with E-state index in [2.05, 4.69) is 19.2 Å². The Morgan fingerprint density at radius 1 is 1.24 bits per heavy atom. The molecule has 0 spiro atoms. The zero-order chi connectivity index (χ0) is 14.8. The number of hydrogen-bond donors (Lipinski definition) is 1. The molecule has 1 aliphatic heterocycles. The summed E-state index contributed by atoms with van der Waals surface area (Å²) >= 11 is 1.48. The Balaban J connectivity index is 1.77. The van der Waals surface area contributed by atoms with Crippen molar-refractivity contribution in [2.45, 2.75) is 13.8 Å². The molecule has 0 saturated heterocycles. The summed E-state index contributed by atoms with van der Waals surface area (Å²) in [6.07, 6.45) is 0. The van der Waals surface area contributed by atoms with E-state index in [1.807, 2.05) is 30.3 Å². The van der Waals surface area contributed by atoms with Gasteiger partial charge in [0, 0.05) is 11.4 Å². The molecule has 4 nitrogen and oxygen atoms in total. The fraction of sp³-hybridized carbons (Fsp3) is 0.312. The molecule has 1 amide bonds. The first kappa shape index (κ1) is 13.9. The summed E-state index contributed by atoms with van der Waals surface area (Å²) in [4.78, 5) is 13.8. The second-order valence-corrected chi connectivity index (χ2v) is 6.42. The number of fused-ring (bicyclic) bond motifs is 1. The van der Waals surface area contributed by atoms with Crippen LogP contribution in [0.15, 0.2) is 30.3 Å². The maximum absolute atomic E-state index is 12.0. The summed E-state index contributed by atoms with van der Waals surface area (Å²) in [5.74, 6) is 1.96. The summed E-state index contributed by atoms with van der Waals surface area (Å²) in [6.45, 7) is 5.11. The minimum atomic E-state index is -0.0132. The maximum atomic E-state index is 12.0. The molecule has 0 atom stereocenters. The molecule has 3 rings (SSSR count). The van der Waals surface area contributed by atoms with E-state index in [0.717, 1.165) is 26.8 Å². The highest BCUT2D eigenvalue weighted by Crippen LogP contribution is 2.37. The minimum absolute atomic E-state index is 0.0132. The number of hydrogen-bond acceptors (Lipinski definition) is 4. The van der Waals surface area contributed by atoms with Gasteiger partial charge in [-0.25, -0.2) is 0 Å². The monoisotopic (exact) mass is 303 g/mol. The Labute approximate surface area is 127 Å². The summed E-state index contributed by atoms with van der Waals surface area (Å²) in [5.41, 5.74) is 1.03. The largest absolute Gasteiger partial charge is 0.454 e. The number of benzene rings is 1. The van der Waals surface area contributed by atoms with Crippen LogP contribution in [0.4, 0.5) is 0 Å². The lowest BCUT2D eigenvalue weighted by molar-refractivity contribution is 0.0953. The Kier molecular flexibility index (Phi) is 3.84. The third-order valence-corrected chi connectivity index (χ3v) is 4.29. The van der Waals surface area contributed by atoms with E-state index < -0.39 is 0 Å². The van der Waals surface area contributed by atoms with Crippen molar-refractivity contribution in [1.29, 1.82) is 0 Å². The molecule has 1 aliphatic rings. The Bertz CT molecular complexity index is 663. The molecule has 0 unspecified atom stereocenters. The molecule has 1 aromatic heterocycles. The van der Waals surface area contributed by atoms with Gasteiger partial charge in [0.2, 0.25) is 6.79 Å². The van der Waals surface area contributed by atoms with Gasteiger partial charge < -0.3 is 14.8 Å². The van der Waals surface area contributed by atoms with Gasteiger partial charge in [0.25, 0.3) is 5.91 Å². The van der Waals surface area contributed by atoms with Gasteiger partial charge in [-0.1, -0.05) is 13.8 Å². The molecular formula is C16H17NO3S. The lowest BCUT2D eigenvalue weighted by atomic mass is 10.1. The molecule has 2 heterocycles. The topological polar surface area (TPSA) is 47.6 Å². The van der Waals surface area contributed by atoms with E-state index in [0.29, 0.717) is 12.5 Å². The summed E-state index contributed by atoms with van der Waals surface area (Å²) in [5, 5.41) is 2.93. The van der Waals surface area contributed by atoms with Crippen LogP contribution < -0.4 is 14.8 Å². The molecule has 0 radical (unpaired) electrons. The van der Waals surface area contributed by atoms with Gasteiger partial charge >= 0.3 is 0 Å². The molecule has 21 heavy (non-hydrogen) atoms. The molecule has 0 aliphatic carbocycles. The molecule has 0 fully saturated rings. The third-order valence-electron chi connectivity index (χ3n) is 3.16. The highest BCUT2D eigenvalue weighted by molar-refractivity contribution is 7.17. The van der Waals surface area contributed by atoms with Gasteiger partial charge in [-0.05, 0) is 41.8 Å². The highest BCUT2D eigenvalue weighted by atomic mass is 32.1. The number of ether oxygens (including phenoxy) is 2. The van der Waals surface area contributed by atoms with E-state index in [1.54, 1.807) is 0 Å². The molecule has 5 heteroatoms. The molecule has 1 N–H and O–H groups in total. The van der Waals surface area contributed by atoms with Crippen LogP contribution in [0.2, 0.25) is 0 Å². The molecule has 0 bridgehead atoms. The first-order valence-corrected chi connectivity index (χ1v) is 7.73. The smallest absolute Gasteiger partial charge is 0.261 e. The lowest BCUT2D eigenvalue weighted by Crippen LogP contribution is -2.26. The molecule has 1 aromatic carbocycles. The van der Waals surface area contributed by atoms with E-state index in [9.17, 15) is 4.79 Å². The number of rotatable bonds is 4. The van der Waals surface area contributed by atoms with E-state index in [-0.39, 0.29) is 12.7 Å². The minimum Gasteiger partial charge on any atom is -0.454 e. The molecule has 110 valence electrons. The van der Waals surface area contributed by atoms with Crippen LogP contribution in [0.3, 0.4) is 0 Å². The van der Waals surface area contributed by atoms with Crippen LogP contribution in [0, 0.1) is 5.92 Å². The van der Waals surface area contributed by atoms with Crippen LogP contribution in [0.1, 0.15) is 23.5 Å². The van der Waals surface area contributed by atoms with Gasteiger partial charge in [-0.15, -0.1) is 11.3 Å². The van der Waals surface area contributed by atoms with Crippen LogP contribution in [0.25, 0.3) is 10.4 Å². The van der Waals surface area contributed by atoms with Crippen molar-refractivity contribution in [3.05, 3.63) is 35.2 Å². The normalized spacial score (nSPS) is 12.7. The first-order valence-electron chi connectivity index (χ1n) is 6.91. The van der Waals surface area contributed by atoms with E-state index in [4.69, 9.17) is 9.47 Å². The van der Waals surface area contributed by atoms with Crippen LogP contribution in [-0.4, -0.2) is 19.2 Å². The van der Waals surface area contributed by atoms with Crippen molar-refractivity contribution in [3.8, 4) is 21.9 Å². The second kappa shape index (κ2) is 5.77. The third kappa shape index (κ3) is 3.03. The molecule has 2 aromatic rings. The zero-order valence-corrected chi connectivity index (χ0v) is 12.8. The number of amides is 1. The predicted octanol–water partition coefficient (Wildman–Crippen LogP) is 3.53. The van der Waals surface area contributed by atoms with Crippen molar-refractivity contribution < 1.29 is 14.3 Å². The van der Waals surface area contributed by atoms with Crippen LogP contribution in [0.5, 0.6) is 11.5 Å². The van der Waals surface area contributed by atoms with Gasteiger partial charge in [-0.2, -0.15) is 0 Å². The maximum Gasteiger partial charge on any atom is 0.261 e. The van der Waals surface area contributed by atoms with Crippen molar-refractivity contribution >= 4 is 17.2 Å². The summed E-state index contributed by atoms with van der Waals surface area (Å²) in [7, 11) is 0. The lowest BCUT2D eigenvalue weighted by Gasteiger charge is -2.05. The van der Waals surface area contributed by atoms with Crippen LogP contribution >= 0.6 is 11.3 Å². The number of carbonyl (C=O) groups excluding carboxylic acids is 1. The van der Waals surface area contributed by atoms with Gasteiger partial charge in [0.05, 0.1) is 4.88 Å². The Morgan fingerprint density at radius 3 is 2.86 bits per heavy atom. The predicted molar refractivity (Wildman–Crippen MR) is 83.0 cm³/mol. The average Bonchev–Trinajstić information content (AvgIpc) is 3.12. The van der Waals surface area contributed by atoms with Gasteiger partial charge in [-0.3, -0.25) is 4.79 Å². The quantitative estimate of drug-likeness (QED) is 0.940. The van der Waals surface area contributed by atoms with Gasteiger partial charge in [0.15, 0.2) is 11.5 Å². The van der Waals surface area contributed by atoms with Crippen molar-refractivity contribution in [1.82, 2.24) is 5.32 Å². The van der Waals surface area contributed by atoms with Gasteiger partial charge in [0.1, 0.15) is 0 Å². The molecular weight excluding hydrogens is 286 g/mol. The van der Waals surface area contributed by atoms with E-state index >= 15 is 0 Å². The highest BCUT2D eigenvalue weighted by Gasteiger charge is 2.15. The number of thiophene rings is 1. The number of nitrogens with one attached hydrogen (secondary N) is 1. The average molecular weight is 303 g/mol. The Hall–Kier alpha value is -2.01.